The van der Waals surface area contributed by atoms with Gasteiger partial charge in [0.15, 0.2) is 0 Å². The van der Waals surface area contributed by atoms with E-state index in [9.17, 15) is 13.2 Å². The molecule has 8 nitrogen and oxygen atoms in total. The number of nitrogens with zero attached hydrogens (tertiary/aromatic N) is 2. The first-order chi connectivity index (χ1) is 15.0. The number of aromatic nitrogens is 2. The van der Waals surface area contributed by atoms with Gasteiger partial charge in [0.05, 0.1) is 34.9 Å². The molecule has 1 aromatic carbocycles. The lowest BCUT2D eigenvalue weighted by Gasteiger charge is -2.33. The molecule has 4 rings (SSSR count). The van der Waals surface area contributed by atoms with Crippen LogP contribution in [0.5, 0.6) is 0 Å². The van der Waals surface area contributed by atoms with Crippen LogP contribution in [0.4, 0.5) is 11.4 Å². The standard InChI is InChI=1S/C23H29N5O3S/c1-14-9-10-20(23(14,2)3)26-21-17(22(24)29)12-25-28-13-15(11-19(21)28)16-7-5-6-8-18(16)27-32(4,30)31/h5-8,11-14,20,26-27H,9-10H2,1-4H3,(H2,24,29)/t14?,20-/m1/s1. The van der Waals surface area contributed by atoms with Crippen LogP contribution in [0.1, 0.15) is 44.0 Å². The summed E-state index contributed by atoms with van der Waals surface area (Å²) >= 11 is 0. The molecule has 4 N–H and O–H groups in total. The van der Waals surface area contributed by atoms with Gasteiger partial charge in [0, 0.05) is 23.4 Å². The third-order valence-corrected chi connectivity index (χ3v) is 7.40. The van der Waals surface area contributed by atoms with Gasteiger partial charge in [-0.15, -0.1) is 0 Å². The van der Waals surface area contributed by atoms with Gasteiger partial charge in [-0.2, -0.15) is 5.10 Å². The molecule has 1 fully saturated rings. The zero-order valence-corrected chi connectivity index (χ0v) is 19.5. The second-order valence-corrected chi connectivity index (χ2v) is 11.0. The highest BCUT2D eigenvalue weighted by atomic mass is 32.2. The maximum Gasteiger partial charge on any atom is 0.252 e. The van der Waals surface area contributed by atoms with E-state index >= 15 is 0 Å². The predicted octanol–water partition coefficient (Wildman–Crippen LogP) is 3.71. The minimum absolute atomic E-state index is 0.0522. The van der Waals surface area contributed by atoms with Gasteiger partial charge in [-0.1, -0.05) is 39.0 Å². The van der Waals surface area contributed by atoms with Crippen LogP contribution in [0.2, 0.25) is 0 Å². The maximum absolute atomic E-state index is 12.2. The Labute approximate surface area is 188 Å². The zero-order chi connectivity index (χ0) is 23.3. The Morgan fingerprint density at radius 3 is 2.59 bits per heavy atom. The molecule has 1 saturated carbocycles. The van der Waals surface area contributed by atoms with Crippen molar-refractivity contribution in [3.8, 4) is 11.1 Å². The van der Waals surface area contributed by atoms with Crippen molar-refractivity contribution in [2.75, 3.05) is 16.3 Å². The van der Waals surface area contributed by atoms with Gasteiger partial charge in [-0.25, -0.2) is 12.9 Å². The van der Waals surface area contributed by atoms with E-state index in [0.29, 0.717) is 33.9 Å². The number of nitrogens with one attached hydrogen (secondary N) is 2. The van der Waals surface area contributed by atoms with Crippen LogP contribution in [0.25, 0.3) is 16.6 Å². The SMILES string of the molecule is CC1CC[C@@H](Nc2c(C(N)=O)cnn3cc(-c4ccccc4NS(C)(=O)=O)cc23)C1(C)C. The molecule has 32 heavy (non-hydrogen) atoms. The number of fused-ring (bicyclic) bond motifs is 1. The number of carbonyl (C=O) groups excluding carboxylic acids is 1. The number of primary amides is 1. The van der Waals surface area contributed by atoms with Gasteiger partial charge in [-0.3, -0.25) is 9.52 Å². The fourth-order valence-electron chi connectivity index (χ4n) is 4.50. The van der Waals surface area contributed by atoms with Gasteiger partial charge >= 0.3 is 0 Å². The predicted molar refractivity (Wildman–Crippen MR) is 127 cm³/mol. The lowest BCUT2D eigenvalue weighted by atomic mass is 9.80. The van der Waals surface area contributed by atoms with Crippen molar-refractivity contribution >= 4 is 32.8 Å². The number of nitrogens with two attached hydrogens (primary N) is 1. The maximum atomic E-state index is 12.2. The number of amides is 1. The summed E-state index contributed by atoms with van der Waals surface area (Å²) < 4.78 is 27.9. The zero-order valence-electron chi connectivity index (χ0n) is 18.7. The molecule has 0 saturated heterocycles. The quantitative estimate of drug-likeness (QED) is 0.524. The molecule has 0 radical (unpaired) electrons. The molecule has 2 heterocycles. The molecular weight excluding hydrogens is 426 g/mol. The van der Waals surface area contributed by atoms with Crippen molar-refractivity contribution in [2.24, 2.45) is 17.1 Å². The fraction of sp³-hybridized carbons (Fsp3) is 0.391. The molecule has 170 valence electrons. The first-order valence-corrected chi connectivity index (χ1v) is 12.5. The molecule has 0 aliphatic heterocycles. The molecule has 2 atom stereocenters. The smallest absolute Gasteiger partial charge is 0.252 e. The number of rotatable bonds is 6. The monoisotopic (exact) mass is 455 g/mol. The molecule has 1 amide bonds. The summed E-state index contributed by atoms with van der Waals surface area (Å²) in [6.07, 6.45) is 6.52. The van der Waals surface area contributed by atoms with E-state index in [4.69, 9.17) is 5.73 Å². The summed E-state index contributed by atoms with van der Waals surface area (Å²) in [5, 5.41) is 7.98. The van der Waals surface area contributed by atoms with Crippen molar-refractivity contribution in [3.05, 3.63) is 48.3 Å². The lowest BCUT2D eigenvalue weighted by molar-refractivity contribution is 0.100. The average molecular weight is 456 g/mol. The van der Waals surface area contributed by atoms with Crippen molar-refractivity contribution in [2.45, 2.75) is 39.7 Å². The van der Waals surface area contributed by atoms with E-state index in [2.05, 4.69) is 35.9 Å². The Morgan fingerprint density at radius 2 is 1.97 bits per heavy atom. The Kier molecular flexibility index (Phi) is 5.40. The normalized spacial score (nSPS) is 20.4. The van der Waals surface area contributed by atoms with Gasteiger partial charge in [0.1, 0.15) is 0 Å². The molecule has 0 spiro atoms. The van der Waals surface area contributed by atoms with E-state index in [1.807, 2.05) is 24.4 Å². The summed E-state index contributed by atoms with van der Waals surface area (Å²) in [6, 6.07) is 9.24. The molecule has 9 heteroatoms. The summed E-state index contributed by atoms with van der Waals surface area (Å²) in [7, 11) is -3.44. The van der Waals surface area contributed by atoms with E-state index in [1.165, 1.54) is 6.20 Å². The van der Waals surface area contributed by atoms with Crippen molar-refractivity contribution in [3.63, 3.8) is 0 Å². The Hall–Kier alpha value is -3.07. The molecule has 0 bridgehead atoms. The fourth-order valence-corrected chi connectivity index (χ4v) is 5.08. The number of anilines is 2. The van der Waals surface area contributed by atoms with E-state index in [1.54, 1.807) is 16.6 Å². The molecule has 2 aromatic heterocycles. The Balaban J connectivity index is 1.84. The van der Waals surface area contributed by atoms with Crippen molar-refractivity contribution in [1.82, 2.24) is 9.61 Å². The summed E-state index contributed by atoms with van der Waals surface area (Å²) in [5.41, 5.74) is 9.39. The van der Waals surface area contributed by atoms with Crippen LogP contribution in [0.15, 0.2) is 42.7 Å². The summed E-state index contributed by atoms with van der Waals surface area (Å²) in [6.45, 7) is 6.72. The minimum atomic E-state index is -3.44. The third kappa shape index (κ3) is 4.04. The van der Waals surface area contributed by atoms with Gasteiger partial charge in [-0.05, 0) is 36.3 Å². The summed E-state index contributed by atoms with van der Waals surface area (Å²) in [4.78, 5) is 12.2. The highest BCUT2D eigenvalue weighted by molar-refractivity contribution is 7.92. The number of sulfonamides is 1. The molecule has 1 unspecified atom stereocenters. The van der Waals surface area contributed by atoms with Crippen LogP contribution in [0, 0.1) is 11.3 Å². The van der Waals surface area contributed by atoms with Gasteiger partial charge < -0.3 is 11.1 Å². The Morgan fingerprint density at radius 1 is 1.25 bits per heavy atom. The first kappa shape index (κ1) is 22.1. The second kappa shape index (κ2) is 7.81. The molecule has 1 aliphatic rings. The number of para-hydroxylation sites is 1. The van der Waals surface area contributed by atoms with Gasteiger partial charge in [0.2, 0.25) is 10.0 Å². The van der Waals surface area contributed by atoms with Crippen LogP contribution in [-0.4, -0.2) is 36.2 Å². The summed E-state index contributed by atoms with van der Waals surface area (Å²) in [5.74, 6) is -0.000536. The van der Waals surface area contributed by atoms with Crippen molar-refractivity contribution in [1.29, 1.82) is 0 Å². The molecule has 1 aliphatic carbocycles. The average Bonchev–Trinajstić information content (AvgIpc) is 3.23. The van der Waals surface area contributed by atoms with E-state index in [0.717, 1.165) is 24.7 Å². The highest BCUT2D eigenvalue weighted by Crippen LogP contribution is 2.44. The largest absolute Gasteiger partial charge is 0.379 e. The molecular formula is C23H29N5O3S. The second-order valence-electron chi connectivity index (χ2n) is 9.27. The molecule has 3 aromatic rings. The number of hydrogen-bond donors (Lipinski definition) is 3. The Bertz CT molecular complexity index is 1300. The minimum Gasteiger partial charge on any atom is -0.379 e. The van der Waals surface area contributed by atoms with Crippen LogP contribution < -0.4 is 15.8 Å². The van der Waals surface area contributed by atoms with Crippen LogP contribution in [-0.2, 0) is 10.0 Å². The van der Waals surface area contributed by atoms with E-state index in [-0.39, 0.29) is 11.5 Å². The van der Waals surface area contributed by atoms with Crippen molar-refractivity contribution < 1.29 is 13.2 Å². The first-order valence-electron chi connectivity index (χ1n) is 10.6. The number of benzene rings is 1. The number of hydrogen-bond acceptors (Lipinski definition) is 5. The number of carbonyl (C=O) groups is 1. The van der Waals surface area contributed by atoms with Gasteiger partial charge in [0.25, 0.3) is 5.91 Å². The topological polar surface area (TPSA) is 119 Å². The van der Waals surface area contributed by atoms with E-state index < -0.39 is 15.9 Å². The highest BCUT2D eigenvalue weighted by Gasteiger charge is 2.41. The van der Waals surface area contributed by atoms with Crippen LogP contribution in [0.3, 0.4) is 0 Å². The van der Waals surface area contributed by atoms with Crippen LogP contribution >= 0.6 is 0 Å². The third-order valence-electron chi connectivity index (χ3n) is 6.81. The lowest BCUT2D eigenvalue weighted by Crippen LogP contribution is -2.35.